The number of esters is 1. The summed E-state index contributed by atoms with van der Waals surface area (Å²) in [5.74, 6) is -0.432. The summed E-state index contributed by atoms with van der Waals surface area (Å²) in [6, 6.07) is 12.0. The Morgan fingerprint density at radius 1 is 0.963 bits per heavy atom. The van der Waals surface area contributed by atoms with Crippen molar-refractivity contribution >= 4 is 11.7 Å². The van der Waals surface area contributed by atoms with Gasteiger partial charge in [-0.3, -0.25) is 10.1 Å². The highest BCUT2D eigenvalue weighted by atomic mass is 16.6. The lowest BCUT2D eigenvalue weighted by Crippen LogP contribution is -2.18. The molecule has 144 valence electrons. The highest BCUT2D eigenvalue weighted by Crippen LogP contribution is 2.30. The smallest absolute Gasteiger partial charge is 0.338 e. The van der Waals surface area contributed by atoms with Gasteiger partial charge < -0.3 is 4.74 Å². The molecule has 2 rings (SSSR count). The Hall–Kier alpha value is -2.69. The standard InChI is InChI=1S/C22H27NO4/c1-21(2,3)17-11-16(12-18(13-17)22(4,5)6)20(24)27-14-15-8-7-9-19(10-15)23(25)26/h7-13H,14H2,1-6H3. The summed E-state index contributed by atoms with van der Waals surface area (Å²) >= 11 is 0. The molecule has 0 aliphatic heterocycles. The molecule has 0 bridgehead atoms. The van der Waals surface area contributed by atoms with E-state index in [2.05, 4.69) is 47.6 Å². The van der Waals surface area contributed by atoms with Crippen LogP contribution in [0.15, 0.2) is 42.5 Å². The van der Waals surface area contributed by atoms with Gasteiger partial charge in [-0.05, 0) is 39.7 Å². The molecule has 0 atom stereocenters. The molecule has 0 saturated heterocycles. The van der Waals surface area contributed by atoms with Crippen molar-refractivity contribution in [2.75, 3.05) is 0 Å². The molecule has 5 nitrogen and oxygen atoms in total. The van der Waals surface area contributed by atoms with Crippen LogP contribution in [-0.4, -0.2) is 10.9 Å². The number of nitro groups is 1. The molecule has 0 saturated carbocycles. The monoisotopic (exact) mass is 369 g/mol. The van der Waals surface area contributed by atoms with E-state index in [1.807, 2.05) is 12.1 Å². The topological polar surface area (TPSA) is 69.4 Å². The van der Waals surface area contributed by atoms with E-state index < -0.39 is 10.9 Å². The predicted octanol–water partition coefficient (Wildman–Crippen LogP) is 5.55. The van der Waals surface area contributed by atoms with E-state index in [4.69, 9.17) is 4.74 Å². The van der Waals surface area contributed by atoms with Crippen LogP contribution < -0.4 is 0 Å². The van der Waals surface area contributed by atoms with Crippen LogP contribution in [0.5, 0.6) is 0 Å². The molecular formula is C22H27NO4. The highest BCUT2D eigenvalue weighted by molar-refractivity contribution is 5.90. The molecule has 0 amide bonds. The van der Waals surface area contributed by atoms with Crippen molar-refractivity contribution < 1.29 is 14.5 Å². The SMILES string of the molecule is CC(C)(C)c1cc(C(=O)OCc2cccc([N+](=O)[O-])c2)cc(C(C)(C)C)c1. The van der Waals surface area contributed by atoms with Gasteiger partial charge in [0.1, 0.15) is 6.61 Å². The van der Waals surface area contributed by atoms with Gasteiger partial charge in [0.05, 0.1) is 10.5 Å². The average molecular weight is 369 g/mol. The Kier molecular flexibility index (Phi) is 5.73. The van der Waals surface area contributed by atoms with Gasteiger partial charge in [-0.15, -0.1) is 0 Å². The fourth-order valence-corrected chi connectivity index (χ4v) is 2.60. The van der Waals surface area contributed by atoms with Crippen molar-refractivity contribution in [1.29, 1.82) is 0 Å². The summed E-state index contributed by atoms with van der Waals surface area (Å²) < 4.78 is 5.42. The van der Waals surface area contributed by atoms with Crippen molar-refractivity contribution in [2.24, 2.45) is 0 Å². The van der Waals surface area contributed by atoms with Gasteiger partial charge in [0.15, 0.2) is 0 Å². The lowest BCUT2D eigenvalue weighted by Gasteiger charge is -2.25. The van der Waals surface area contributed by atoms with Crippen LogP contribution in [0.4, 0.5) is 5.69 Å². The molecule has 0 aromatic heterocycles. The second-order valence-corrected chi connectivity index (χ2v) is 8.80. The minimum absolute atomic E-state index is 0.00882. The molecule has 0 unspecified atom stereocenters. The minimum Gasteiger partial charge on any atom is -0.457 e. The first-order valence-corrected chi connectivity index (χ1v) is 8.94. The first-order valence-electron chi connectivity index (χ1n) is 8.94. The molecule has 0 radical (unpaired) electrons. The number of nitrogens with zero attached hydrogens (tertiary/aromatic N) is 1. The number of hydrogen-bond donors (Lipinski definition) is 0. The Bertz CT molecular complexity index is 825. The third-order valence-corrected chi connectivity index (χ3v) is 4.39. The van der Waals surface area contributed by atoms with Gasteiger partial charge in [0.25, 0.3) is 5.69 Å². The van der Waals surface area contributed by atoms with Gasteiger partial charge in [0, 0.05) is 12.1 Å². The van der Waals surface area contributed by atoms with Crippen molar-refractivity contribution in [3.8, 4) is 0 Å². The van der Waals surface area contributed by atoms with E-state index in [0.29, 0.717) is 11.1 Å². The maximum Gasteiger partial charge on any atom is 0.338 e. The third kappa shape index (κ3) is 5.39. The number of benzene rings is 2. The van der Waals surface area contributed by atoms with Crippen LogP contribution in [-0.2, 0) is 22.2 Å². The molecule has 0 aliphatic carbocycles. The number of nitro benzene ring substituents is 1. The molecule has 27 heavy (non-hydrogen) atoms. The lowest BCUT2D eigenvalue weighted by molar-refractivity contribution is -0.384. The number of hydrogen-bond acceptors (Lipinski definition) is 4. The Morgan fingerprint density at radius 3 is 2.00 bits per heavy atom. The summed E-state index contributed by atoms with van der Waals surface area (Å²) in [5, 5.41) is 10.9. The van der Waals surface area contributed by atoms with E-state index in [0.717, 1.165) is 11.1 Å². The Labute approximate surface area is 160 Å². The molecule has 0 heterocycles. The van der Waals surface area contributed by atoms with Crippen molar-refractivity contribution in [2.45, 2.75) is 59.0 Å². The minimum atomic E-state index is -0.465. The van der Waals surface area contributed by atoms with Gasteiger partial charge >= 0.3 is 5.97 Å². The summed E-state index contributed by atoms with van der Waals surface area (Å²) in [5.41, 5.74) is 2.99. The van der Waals surface area contributed by atoms with E-state index in [1.165, 1.54) is 12.1 Å². The maximum absolute atomic E-state index is 12.6. The van der Waals surface area contributed by atoms with Gasteiger partial charge in [-0.25, -0.2) is 4.79 Å². The molecule has 0 aliphatic rings. The quantitative estimate of drug-likeness (QED) is 0.403. The van der Waals surface area contributed by atoms with E-state index >= 15 is 0 Å². The fraction of sp³-hybridized carbons (Fsp3) is 0.409. The normalized spacial score (nSPS) is 11.9. The summed E-state index contributed by atoms with van der Waals surface area (Å²) in [7, 11) is 0. The zero-order valence-electron chi connectivity index (χ0n) is 16.8. The summed E-state index contributed by atoms with van der Waals surface area (Å²) in [6.45, 7) is 12.6. The average Bonchev–Trinajstić information content (AvgIpc) is 2.58. The van der Waals surface area contributed by atoms with E-state index in [1.54, 1.807) is 12.1 Å². The number of rotatable bonds is 4. The number of carbonyl (C=O) groups is 1. The second kappa shape index (κ2) is 7.51. The van der Waals surface area contributed by atoms with Gasteiger partial charge in [-0.1, -0.05) is 59.7 Å². The molecule has 0 N–H and O–H groups in total. The van der Waals surface area contributed by atoms with Crippen LogP contribution in [0.25, 0.3) is 0 Å². The lowest BCUT2D eigenvalue weighted by atomic mass is 9.79. The fourth-order valence-electron chi connectivity index (χ4n) is 2.60. The van der Waals surface area contributed by atoms with Crippen molar-refractivity contribution in [3.63, 3.8) is 0 Å². The van der Waals surface area contributed by atoms with Gasteiger partial charge in [0.2, 0.25) is 0 Å². The number of ether oxygens (including phenoxy) is 1. The molecule has 0 spiro atoms. The zero-order chi connectivity index (χ0) is 20.4. The molecular weight excluding hydrogens is 342 g/mol. The van der Waals surface area contributed by atoms with Crippen molar-refractivity contribution in [1.82, 2.24) is 0 Å². The highest BCUT2D eigenvalue weighted by Gasteiger charge is 2.22. The first-order chi connectivity index (χ1) is 12.4. The van der Waals surface area contributed by atoms with Crippen LogP contribution in [0.3, 0.4) is 0 Å². The summed E-state index contributed by atoms with van der Waals surface area (Å²) in [4.78, 5) is 23.0. The number of carbonyl (C=O) groups excluding carboxylic acids is 1. The van der Waals surface area contributed by atoms with E-state index in [-0.39, 0.29) is 23.1 Å². The van der Waals surface area contributed by atoms with E-state index in [9.17, 15) is 14.9 Å². The Balaban J connectivity index is 2.27. The van der Waals surface area contributed by atoms with Crippen LogP contribution >= 0.6 is 0 Å². The summed E-state index contributed by atoms with van der Waals surface area (Å²) in [6.07, 6.45) is 0. The Morgan fingerprint density at radius 2 is 1.52 bits per heavy atom. The largest absolute Gasteiger partial charge is 0.457 e. The number of non-ortho nitro benzene ring substituents is 1. The first kappa shape index (κ1) is 20.6. The molecule has 0 fully saturated rings. The van der Waals surface area contributed by atoms with Crippen LogP contribution in [0.1, 0.15) is 68.6 Å². The van der Waals surface area contributed by atoms with Crippen molar-refractivity contribution in [3.05, 3.63) is 74.8 Å². The van der Waals surface area contributed by atoms with Gasteiger partial charge in [-0.2, -0.15) is 0 Å². The van der Waals surface area contributed by atoms with Crippen LogP contribution in [0, 0.1) is 10.1 Å². The zero-order valence-corrected chi connectivity index (χ0v) is 16.8. The molecule has 2 aromatic rings. The van der Waals surface area contributed by atoms with Crippen LogP contribution in [0.2, 0.25) is 0 Å². The molecule has 5 heteroatoms. The second-order valence-electron chi connectivity index (χ2n) is 8.80. The predicted molar refractivity (Wildman–Crippen MR) is 106 cm³/mol. The molecule has 2 aromatic carbocycles. The maximum atomic E-state index is 12.6. The third-order valence-electron chi connectivity index (χ3n) is 4.39.